The molecule has 0 bridgehead atoms. The van der Waals surface area contributed by atoms with Gasteiger partial charge in [0.15, 0.2) is 5.78 Å². The molecule has 0 saturated heterocycles. The van der Waals surface area contributed by atoms with Crippen LogP contribution in [0.3, 0.4) is 0 Å². The van der Waals surface area contributed by atoms with Gasteiger partial charge in [0, 0.05) is 12.0 Å². The minimum absolute atomic E-state index is 0.00318. The SMILES string of the molecule is C=C(C(=O)O)[C@@H]1CC[C@]2(C)[C@@H](C1)C(C)=C[C@H]1[C@@H]2C[C@]1(C(=O)O)[C@@H]1CC[C@H](C)[C@@H]2CC(=O)C(C)=C2C1. The molecule has 0 amide bonds. The summed E-state index contributed by atoms with van der Waals surface area (Å²) < 4.78 is 0. The van der Waals surface area contributed by atoms with E-state index in [-0.39, 0.29) is 40.8 Å². The number of carboxylic acids is 2. The van der Waals surface area contributed by atoms with Crippen LogP contribution in [0.15, 0.2) is 34.9 Å². The molecule has 5 rings (SSSR count). The molecule has 3 saturated carbocycles. The highest BCUT2D eigenvalue weighted by Crippen LogP contribution is 2.71. The summed E-state index contributed by atoms with van der Waals surface area (Å²) in [6.45, 7) is 12.5. The highest BCUT2D eigenvalue weighted by atomic mass is 16.4. The van der Waals surface area contributed by atoms with Crippen molar-refractivity contribution < 1.29 is 24.6 Å². The number of fused-ring (bicyclic) bond motifs is 4. The van der Waals surface area contributed by atoms with E-state index in [9.17, 15) is 24.6 Å². The second-order valence-electron chi connectivity index (χ2n) is 12.8. The lowest BCUT2D eigenvalue weighted by atomic mass is 9.37. The first-order chi connectivity index (χ1) is 16.4. The van der Waals surface area contributed by atoms with E-state index in [0.29, 0.717) is 30.3 Å². The first-order valence-electron chi connectivity index (χ1n) is 13.5. The van der Waals surface area contributed by atoms with Crippen LogP contribution in [0.4, 0.5) is 0 Å². The highest BCUT2D eigenvalue weighted by Gasteiger charge is 2.68. The third kappa shape index (κ3) is 3.36. The Balaban J connectivity index is 1.48. The van der Waals surface area contributed by atoms with Crippen LogP contribution in [0.5, 0.6) is 0 Å². The van der Waals surface area contributed by atoms with E-state index >= 15 is 0 Å². The largest absolute Gasteiger partial charge is 0.481 e. The van der Waals surface area contributed by atoms with Crippen molar-refractivity contribution in [2.75, 3.05) is 0 Å². The Morgan fingerprint density at radius 1 is 1.11 bits per heavy atom. The van der Waals surface area contributed by atoms with Crippen LogP contribution in [0.25, 0.3) is 0 Å². The lowest BCUT2D eigenvalue weighted by Crippen LogP contribution is -2.64. The molecule has 9 atom stereocenters. The number of rotatable bonds is 4. The molecular formula is C30H40O5. The fourth-order valence-electron chi connectivity index (χ4n) is 9.20. The number of hydrogen-bond donors (Lipinski definition) is 2. The quantitative estimate of drug-likeness (QED) is 0.377. The second kappa shape index (κ2) is 8.18. The Bertz CT molecular complexity index is 1060. The monoisotopic (exact) mass is 480 g/mol. The summed E-state index contributed by atoms with van der Waals surface area (Å²) in [7, 11) is 0. The van der Waals surface area contributed by atoms with Crippen molar-refractivity contribution in [2.24, 2.45) is 52.3 Å². The summed E-state index contributed by atoms with van der Waals surface area (Å²) in [5, 5.41) is 20.2. The first-order valence-corrected chi connectivity index (χ1v) is 13.5. The topological polar surface area (TPSA) is 91.7 Å². The van der Waals surface area contributed by atoms with E-state index in [1.165, 1.54) is 11.1 Å². The minimum atomic E-state index is -0.904. The van der Waals surface area contributed by atoms with Crippen molar-refractivity contribution in [3.63, 3.8) is 0 Å². The maximum Gasteiger partial charge on any atom is 0.331 e. The zero-order valence-electron chi connectivity index (χ0n) is 21.6. The Morgan fingerprint density at radius 2 is 1.83 bits per heavy atom. The van der Waals surface area contributed by atoms with E-state index in [4.69, 9.17) is 0 Å². The van der Waals surface area contributed by atoms with Gasteiger partial charge in [-0.2, -0.15) is 0 Å². The molecular weight excluding hydrogens is 440 g/mol. The third-order valence-corrected chi connectivity index (χ3v) is 11.5. The van der Waals surface area contributed by atoms with Crippen LogP contribution < -0.4 is 0 Å². The van der Waals surface area contributed by atoms with E-state index in [2.05, 4.69) is 33.4 Å². The van der Waals surface area contributed by atoms with Gasteiger partial charge < -0.3 is 10.2 Å². The summed E-state index contributed by atoms with van der Waals surface area (Å²) >= 11 is 0. The van der Waals surface area contributed by atoms with E-state index < -0.39 is 17.4 Å². The summed E-state index contributed by atoms with van der Waals surface area (Å²) in [5.74, 6) is 0.0202. The minimum Gasteiger partial charge on any atom is -0.481 e. The molecule has 5 nitrogen and oxygen atoms in total. The third-order valence-electron chi connectivity index (χ3n) is 11.5. The van der Waals surface area contributed by atoms with E-state index in [1.54, 1.807) is 0 Å². The van der Waals surface area contributed by atoms with Crippen molar-refractivity contribution in [3.8, 4) is 0 Å². The molecule has 0 aromatic heterocycles. The predicted octanol–water partition coefficient (Wildman–Crippen LogP) is 6.06. The van der Waals surface area contributed by atoms with Gasteiger partial charge in [0.2, 0.25) is 0 Å². The Hall–Kier alpha value is -2.17. The van der Waals surface area contributed by atoms with Gasteiger partial charge >= 0.3 is 11.9 Å². The van der Waals surface area contributed by atoms with Crippen molar-refractivity contribution in [1.29, 1.82) is 0 Å². The van der Waals surface area contributed by atoms with E-state index in [1.807, 2.05) is 6.92 Å². The van der Waals surface area contributed by atoms with Gasteiger partial charge in [0.25, 0.3) is 0 Å². The molecule has 2 N–H and O–H groups in total. The van der Waals surface area contributed by atoms with Crippen molar-refractivity contribution in [1.82, 2.24) is 0 Å². The molecule has 0 unspecified atom stereocenters. The number of Topliss-reactive ketones (excluding diaryl/α,β-unsaturated/α-hetero) is 1. The Kier molecular flexibility index (Phi) is 5.73. The molecule has 0 aromatic rings. The van der Waals surface area contributed by atoms with E-state index in [0.717, 1.165) is 44.1 Å². The number of hydrogen-bond acceptors (Lipinski definition) is 3. The average Bonchev–Trinajstić information content (AvgIpc) is 2.96. The van der Waals surface area contributed by atoms with Crippen LogP contribution in [-0.2, 0) is 14.4 Å². The van der Waals surface area contributed by atoms with Gasteiger partial charge in [-0.25, -0.2) is 4.79 Å². The van der Waals surface area contributed by atoms with Crippen molar-refractivity contribution >= 4 is 17.7 Å². The second-order valence-corrected chi connectivity index (χ2v) is 12.8. The molecule has 5 aliphatic rings. The van der Waals surface area contributed by atoms with Crippen LogP contribution in [0.2, 0.25) is 0 Å². The number of carboxylic acid groups (broad SMARTS) is 2. The molecule has 0 aliphatic heterocycles. The van der Waals surface area contributed by atoms with Gasteiger partial charge in [-0.1, -0.05) is 37.6 Å². The fraction of sp³-hybridized carbons (Fsp3) is 0.700. The molecule has 0 heterocycles. The number of aliphatic carboxylic acids is 2. The summed E-state index contributed by atoms with van der Waals surface area (Å²) in [6.07, 6.45) is 8.71. The molecule has 0 aromatic carbocycles. The number of ketones is 1. The lowest BCUT2D eigenvalue weighted by molar-refractivity contribution is -0.194. The molecule has 5 aliphatic carbocycles. The molecule has 3 fully saturated rings. The Labute approximate surface area is 208 Å². The molecule has 0 radical (unpaired) electrons. The summed E-state index contributed by atoms with van der Waals surface area (Å²) in [4.78, 5) is 37.2. The number of carbonyl (C=O) groups is 3. The van der Waals surface area contributed by atoms with Crippen LogP contribution in [0, 0.1) is 52.3 Å². The van der Waals surface area contributed by atoms with Crippen LogP contribution >= 0.6 is 0 Å². The number of allylic oxidation sites excluding steroid dienone is 4. The standard InChI is InChI=1S/C30H40O5/c1-15-6-7-20(12-22-18(4)26(31)13-21(15)22)30(28(34)35)14-25-24(30)10-16(2)23-11-19(17(3)27(32)33)8-9-29(23,25)5/h10,15,19-21,23-25H,3,6-9,11-14H2,1-2,4-5H3,(H,32,33)(H,34,35)/t15-,19+,20+,21-,23-,24-,25-,29+,30-/m0/s1. The average molecular weight is 481 g/mol. The van der Waals surface area contributed by atoms with Crippen LogP contribution in [0.1, 0.15) is 79.1 Å². The summed E-state index contributed by atoms with van der Waals surface area (Å²) in [6, 6.07) is 0. The smallest absolute Gasteiger partial charge is 0.331 e. The molecule has 35 heavy (non-hydrogen) atoms. The van der Waals surface area contributed by atoms with Crippen molar-refractivity contribution in [2.45, 2.75) is 79.1 Å². The van der Waals surface area contributed by atoms with Gasteiger partial charge in [-0.3, -0.25) is 9.59 Å². The molecule has 5 heteroatoms. The van der Waals surface area contributed by atoms with Gasteiger partial charge in [-0.05, 0) is 111 Å². The molecule has 0 spiro atoms. The zero-order chi connectivity index (χ0) is 25.4. The Morgan fingerprint density at radius 3 is 2.49 bits per heavy atom. The van der Waals surface area contributed by atoms with Gasteiger partial charge in [0.05, 0.1) is 5.41 Å². The lowest BCUT2D eigenvalue weighted by Gasteiger charge is -2.66. The van der Waals surface area contributed by atoms with Crippen molar-refractivity contribution in [3.05, 3.63) is 34.9 Å². The fourth-order valence-corrected chi connectivity index (χ4v) is 9.20. The normalized spacial score (nSPS) is 44.9. The predicted molar refractivity (Wildman–Crippen MR) is 133 cm³/mol. The highest BCUT2D eigenvalue weighted by molar-refractivity contribution is 5.98. The zero-order valence-corrected chi connectivity index (χ0v) is 21.6. The van der Waals surface area contributed by atoms with Gasteiger partial charge in [0.1, 0.15) is 0 Å². The first kappa shape index (κ1) is 24.5. The van der Waals surface area contributed by atoms with Crippen LogP contribution in [-0.4, -0.2) is 27.9 Å². The number of carbonyl (C=O) groups excluding carboxylic acids is 1. The summed E-state index contributed by atoms with van der Waals surface area (Å²) in [5.41, 5.74) is 2.90. The molecule has 190 valence electrons. The van der Waals surface area contributed by atoms with Gasteiger partial charge in [-0.15, -0.1) is 0 Å². The maximum atomic E-state index is 13.1. The maximum absolute atomic E-state index is 13.1.